The Labute approximate surface area is 84.3 Å². The molecule has 1 rings (SSSR count). The molecule has 15 heavy (non-hydrogen) atoms. The fourth-order valence-corrected chi connectivity index (χ4v) is 0.814. The molecule has 0 radical (unpaired) electrons. The van der Waals surface area contributed by atoms with Gasteiger partial charge in [-0.05, 0) is 19.4 Å². The zero-order valence-electron chi connectivity index (χ0n) is 8.17. The Morgan fingerprint density at radius 3 is 2.53 bits per heavy atom. The summed E-state index contributed by atoms with van der Waals surface area (Å²) in [6.07, 6.45) is 0.435. The van der Waals surface area contributed by atoms with Crippen LogP contribution in [0.3, 0.4) is 0 Å². The normalized spacial score (nSPS) is 13.8. The van der Waals surface area contributed by atoms with Crippen molar-refractivity contribution in [2.24, 2.45) is 0 Å². The Morgan fingerprint density at radius 1 is 1.40 bits per heavy atom. The second-order valence-corrected chi connectivity index (χ2v) is 2.80. The Hall–Kier alpha value is -1.59. The van der Waals surface area contributed by atoms with Crippen LogP contribution in [0.15, 0.2) is 22.8 Å². The van der Waals surface area contributed by atoms with Crippen molar-refractivity contribution >= 4 is 5.57 Å². The van der Waals surface area contributed by atoms with E-state index in [1.165, 1.54) is 0 Å². The summed E-state index contributed by atoms with van der Waals surface area (Å²) in [6, 6.07) is 0. The summed E-state index contributed by atoms with van der Waals surface area (Å²) >= 11 is 0. The third-order valence-corrected chi connectivity index (χ3v) is 1.56. The van der Waals surface area contributed by atoms with Gasteiger partial charge in [0.25, 0.3) is 0 Å². The standard InChI is InChI=1S/C9H9F3N2O/c1-3-4-5-6(2)7-13-8(15-14-7)9(10,11)12/h3-5H,1-2H3/b4-3-,6-5+. The van der Waals surface area contributed by atoms with Crippen LogP contribution in [0.25, 0.3) is 5.57 Å². The fraction of sp³-hybridized carbons (Fsp3) is 0.333. The first-order chi connectivity index (χ1) is 6.95. The third-order valence-electron chi connectivity index (χ3n) is 1.56. The van der Waals surface area contributed by atoms with Crippen LogP contribution in [0.5, 0.6) is 0 Å². The maximum Gasteiger partial charge on any atom is 0.471 e. The van der Waals surface area contributed by atoms with E-state index >= 15 is 0 Å². The predicted octanol–water partition coefficient (Wildman–Crippen LogP) is 3.07. The van der Waals surface area contributed by atoms with Crippen LogP contribution in [-0.4, -0.2) is 10.1 Å². The molecule has 0 aliphatic carbocycles. The smallest absolute Gasteiger partial charge is 0.329 e. The summed E-state index contributed by atoms with van der Waals surface area (Å²) in [5.41, 5.74) is 0.507. The molecular formula is C9H9F3N2O. The van der Waals surface area contributed by atoms with Crippen LogP contribution in [0.4, 0.5) is 13.2 Å². The first-order valence-corrected chi connectivity index (χ1v) is 4.16. The van der Waals surface area contributed by atoms with Crippen LogP contribution < -0.4 is 0 Å². The van der Waals surface area contributed by atoms with Crippen molar-refractivity contribution in [1.29, 1.82) is 0 Å². The minimum Gasteiger partial charge on any atom is -0.329 e. The van der Waals surface area contributed by atoms with Crippen molar-refractivity contribution in [2.45, 2.75) is 20.0 Å². The molecule has 3 nitrogen and oxygen atoms in total. The molecule has 0 unspecified atom stereocenters. The lowest BCUT2D eigenvalue weighted by Gasteiger charge is -1.95. The van der Waals surface area contributed by atoms with Gasteiger partial charge in [-0.3, -0.25) is 0 Å². The summed E-state index contributed by atoms with van der Waals surface area (Å²) in [7, 11) is 0. The van der Waals surface area contributed by atoms with Gasteiger partial charge in [0.05, 0.1) is 0 Å². The molecule has 0 aromatic carbocycles. The maximum absolute atomic E-state index is 12.1. The lowest BCUT2D eigenvalue weighted by molar-refractivity contribution is -0.159. The third kappa shape index (κ3) is 2.93. The van der Waals surface area contributed by atoms with Gasteiger partial charge in [0.1, 0.15) is 0 Å². The molecule has 0 atom stereocenters. The van der Waals surface area contributed by atoms with Crippen molar-refractivity contribution < 1.29 is 17.7 Å². The van der Waals surface area contributed by atoms with Crippen molar-refractivity contribution in [1.82, 2.24) is 10.1 Å². The minimum atomic E-state index is -4.59. The summed E-state index contributed by atoms with van der Waals surface area (Å²) in [5, 5.41) is 3.23. The van der Waals surface area contributed by atoms with Gasteiger partial charge in [-0.25, -0.2) is 0 Å². The number of halogens is 3. The number of alkyl halides is 3. The highest BCUT2D eigenvalue weighted by molar-refractivity contribution is 5.58. The van der Waals surface area contributed by atoms with Gasteiger partial charge in [-0.2, -0.15) is 18.2 Å². The van der Waals surface area contributed by atoms with E-state index in [1.807, 2.05) is 0 Å². The average Bonchev–Trinajstić information content (AvgIpc) is 2.62. The summed E-state index contributed by atoms with van der Waals surface area (Å²) in [6.45, 7) is 3.39. The SMILES string of the molecule is C/C=C\C=C(/C)c1noc(C(F)(F)F)n1. The number of hydrogen-bond acceptors (Lipinski definition) is 3. The summed E-state index contributed by atoms with van der Waals surface area (Å²) < 4.78 is 40.3. The second kappa shape index (κ2) is 4.29. The fourth-order valence-electron chi connectivity index (χ4n) is 0.814. The zero-order valence-corrected chi connectivity index (χ0v) is 8.17. The number of rotatable bonds is 2. The van der Waals surface area contributed by atoms with Gasteiger partial charge in [0, 0.05) is 0 Å². The van der Waals surface area contributed by atoms with E-state index in [4.69, 9.17) is 0 Å². The molecule has 0 saturated heterocycles. The molecule has 6 heteroatoms. The van der Waals surface area contributed by atoms with E-state index in [0.29, 0.717) is 5.57 Å². The van der Waals surface area contributed by atoms with Crippen molar-refractivity contribution in [3.8, 4) is 0 Å². The van der Waals surface area contributed by atoms with Gasteiger partial charge in [-0.15, -0.1) is 0 Å². The number of aromatic nitrogens is 2. The Morgan fingerprint density at radius 2 is 2.07 bits per heavy atom. The van der Waals surface area contributed by atoms with Crippen LogP contribution in [0.1, 0.15) is 25.6 Å². The molecule has 0 N–H and O–H groups in total. The highest BCUT2D eigenvalue weighted by Crippen LogP contribution is 2.28. The van der Waals surface area contributed by atoms with Crippen molar-refractivity contribution in [3.63, 3.8) is 0 Å². The van der Waals surface area contributed by atoms with Gasteiger partial charge < -0.3 is 4.52 Å². The number of hydrogen-bond donors (Lipinski definition) is 0. The highest BCUT2D eigenvalue weighted by Gasteiger charge is 2.38. The van der Waals surface area contributed by atoms with Crippen molar-refractivity contribution in [3.05, 3.63) is 29.9 Å². The van der Waals surface area contributed by atoms with E-state index in [0.717, 1.165) is 0 Å². The van der Waals surface area contributed by atoms with Crippen molar-refractivity contribution in [2.75, 3.05) is 0 Å². The molecule has 1 heterocycles. The van der Waals surface area contributed by atoms with E-state index in [9.17, 15) is 13.2 Å². The largest absolute Gasteiger partial charge is 0.471 e. The Bertz CT molecular complexity index is 390. The average molecular weight is 218 g/mol. The molecule has 0 aliphatic rings. The molecule has 1 aromatic heterocycles. The Balaban J connectivity index is 2.94. The Kier molecular flexibility index (Phi) is 3.28. The molecule has 82 valence electrons. The van der Waals surface area contributed by atoms with E-state index in [1.54, 1.807) is 32.1 Å². The predicted molar refractivity (Wildman–Crippen MR) is 47.8 cm³/mol. The van der Waals surface area contributed by atoms with Crippen LogP contribution >= 0.6 is 0 Å². The molecule has 0 aliphatic heterocycles. The van der Waals surface area contributed by atoms with Gasteiger partial charge in [-0.1, -0.05) is 23.4 Å². The minimum absolute atomic E-state index is 0.0552. The summed E-state index contributed by atoms with van der Waals surface area (Å²) in [4.78, 5) is 3.23. The van der Waals surface area contributed by atoms with Gasteiger partial charge in [0.2, 0.25) is 0 Å². The van der Waals surface area contributed by atoms with E-state index in [2.05, 4.69) is 14.7 Å². The van der Waals surface area contributed by atoms with Crippen LogP contribution in [-0.2, 0) is 6.18 Å². The first kappa shape index (κ1) is 11.5. The molecule has 0 bridgehead atoms. The van der Waals surface area contributed by atoms with Crippen LogP contribution in [0.2, 0.25) is 0 Å². The zero-order chi connectivity index (χ0) is 11.5. The summed E-state index contributed by atoms with van der Waals surface area (Å²) in [5.74, 6) is -1.38. The molecular weight excluding hydrogens is 209 g/mol. The lowest BCUT2D eigenvalue weighted by Crippen LogP contribution is -2.05. The quantitative estimate of drug-likeness (QED) is 0.716. The highest BCUT2D eigenvalue weighted by atomic mass is 19.4. The second-order valence-electron chi connectivity index (χ2n) is 2.80. The van der Waals surface area contributed by atoms with E-state index < -0.39 is 12.1 Å². The van der Waals surface area contributed by atoms with Gasteiger partial charge in [0.15, 0.2) is 5.82 Å². The molecule has 0 fully saturated rings. The molecule has 0 saturated carbocycles. The monoisotopic (exact) mass is 218 g/mol. The van der Waals surface area contributed by atoms with E-state index in [-0.39, 0.29) is 5.82 Å². The van der Waals surface area contributed by atoms with Gasteiger partial charge >= 0.3 is 12.1 Å². The van der Waals surface area contributed by atoms with Crippen LogP contribution in [0, 0.1) is 0 Å². The molecule has 1 aromatic rings. The molecule has 0 spiro atoms. The molecule has 0 amide bonds. The maximum atomic E-state index is 12.1. The number of nitrogens with zero attached hydrogens (tertiary/aromatic N) is 2. The first-order valence-electron chi connectivity index (χ1n) is 4.16. The lowest BCUT2D eigenvalue weighted by atomic mass is 10.2. The number of allylic oxidation sites excluding steroid dienone is 4. The topological polar surface area (TPSA) is 38.9 Å².